The van der Waals surface area contributed by atoms with Gasteiger partial charge in [0.1, 0.15) is 0 Å². The van der Waals surface area contributed by atoms with Crippen molar-refractivity contribution in [3.8, 4) is 0 Å². The molecule has 2 aliphatic rings. The highest BCUT2D eigenvalue weighted by molar-refractivity contribution is 7.99. The molecule has 0 aliphatic carbocycles. The van der Waals surface area contributed by atoms with Crippen LogP contribution < -0.4 is 5.73 Å². The van der Waals surface area contributed by atoms with Gasteiger partial charge in [-0.25, -0.2) is 0 Å². The van der Waals surface area contributed by atoms with Crippen LogP contribution in [0.2, 0.25) is 0 Å². The van der Waals surface area contributed by atoms with Crippen LogP contribution in [0.3, 0.4) is 0 Å². The number of ether oxygens (including phenoxy) is 1. The molecule has 2 rings (SSSR count). The van der Waals surface area contributed by atoms with Gasteiger partial charge in [0.15, 0.2) is 0 Å². The van der Waals surface area contributed by atoms with Gasteiger partial charge in [-0.15, -0.1) is 0 Å². The summed E-state index contributed by atoms with van der Waals surface area (Å²) in [5, 5.41) is 0. The third-order valence-electron chi connectivity index (χ3n) is 4.10. The van der Waals surface area contributed by atoms with Crippen molar-refractivity contribution in [2.45, 2.75) is 57.7 Å². The highest BCUT2D eigenvalue weighted by Gasteiger charge is 2.33. The normalized spacial score (nSPS) is 28.0. The van der Waals surface area contributed by atoms with Crippen LogP contribution in [0, 0.1) is 5.92 Å². The summed E-state index contributed by atoms with van der Waals surface area (Å²) in [5.74, 6) is 2.78. The number of thioether (sulfide) groups is 1. The maximum Gasteiger partial charge on any atom is 0.239 e. The molecular formula is C15H28N2O2S. The average Bonchev–Trinajstić information content (AvgIpc) is 3.07. The summed E-state index contributed by atoms with van der Waals surface area (Å²) < 4.78 is 5.71. The number of rotatable bonds is 6. The highest BCUT2D eigenvalue weighted by Crippen LogP contribution is 2.25. The first-order valence-corrected chi connectivity index (χ1v) is 8.98. The zero-order valence-electron chi connectivity index (χ0n) is 12.7. The van der Waals surface area contributed by atoms with E-state index in [1.54, 1.807) is 0 Å². The molecule has 1 amide bonds. The molecule has 0 spiro atoms. The maximum absolute atomic E-state index is 12.7. The molecule has 0 aromatic heterocycles. The fourth-order valence-corrected chi connectivity index (χ4v) is 4.24. The van der Waals surface area contributed by atoms with Gasteiger partial charge in [0.05, 0.1) is 12.1 Å². The summed E-state index contributed by atoms with van der Waals surface area (Å²) in [6.07, 6.45) is 4.27. The Hall–Kier alpha value is -0.260. The SMILES string of the molecule is CC(C)C[C@@H](N)C(=O)N(CC1CCCO1)C1CCSC1. The summed E-state index contributed by atoms with van der Waals surface area (Å²) in [5.41, 5.74) is 6.12. The van der Waals surface area contributed by atoms with Gasteiger partial charge in [-0.2, -0.15) is 11.8 Å². The van der Waals surface area contributed by atoms with Crippen LogP contribution in [0.4, 0.5) is 0 Å². The summed E-state index contributed by atoms with van der Waals surface area (Å²) in [6.45, 7) is 5.80. The third-order valence-corrected chi connectivity index (χ3v) is 5.24. The first-order valence-electron chi connectivity index (χ1n) is 7.83. The van der Waals surface area contributed by atoms with Crippen molar-refractivity contribution in [3.05, 3.63) is 0 Å². The van der Waals surface area contributed by atoms with Gasteiger partial charge in [0.25, 0.3) is 0 Å². The first-order chi connectivity index (χ1) is 9.58. The molecule has 2 saturated heterocycles. The van der Waals surface area contributed by atoms with Crippen molar-refractivity contribution in [2.75, 3.05) is 24.7 Å². The molecule has 3 atom stereocenters. The Bertz CT molecular complexity index is 313. The predicted molar refractivity (Wildman–Crippen MR) is 83.8 cm³/mol. The fraction of sp³-hybridized carbons (Fsp3) is 0.933. The second kappa shape index (κ2) is 7.66. The highest BCUT2D eigenvalue weighted by atomic mass is 32.2. The standard InChI is InChI=1S/C15H28N2O2S/c1-11(2)8-14(16)15(18)17(12-5-7-20-10-12)9-13-4-3-6-19-13/h11-14H,3-10,16H2,1-2H3/t12?,13?,14-/m1/s1. The Morgan fingerprint density at radius 3 is 2.80 bits per heavy atom. The molecule has 2 aliphatic heterocycles. The Balaban J connectivity index is 1.98. The van der Waals surface area contributed by atoms with Crippen molar-refractivity contribution in [2.24, 2.45) is 11.7 Å². The van der Waals surface area contributed by atoms with E-state index in [0.29, 0.717) is 12.0 Å². The van der Waals surface area contributed by atoms with Crippen LogP contribution in [0.15, 0.2) is 0 Å². The van der Waals surface area contributed by atoms with E-state index in [1.165, 1.54) is 0 Å². The summed E-state index contributed by atoms with van der Waals surface area (Å²) in [4.78, 5) is 14.7. The summed E-state index contributed by atoms with van der Waals surface area (Å²) >= 11 is 1.94. The van der Waals surface area contributed by atoms with E-state index in [-0.39, 0.29) is 18.1 Å². The lowest BCUT2D eigenvalue weighted by Crippen LogP contribution is -2.51. The molecule has 2 N–H and O–H groups in total. The molecular weight excluding hydrogens is 272 g/mol. The molecule has 2 fully saturated rings. The number of nitrogens with zero attached hydrogens (tertiary/aromatic N) is 1. The lowest BCUT2D eigenvalue weighted by atomic mass is 10.0. The van der Waals surface area contributed by atoms with Crippen LogP contribution in [-0.4, -0.2) is 53.7 Å². The van der Waals surface area contributed by atoms with Crippen LogP contribution in [0.25, 0.3) is 0 Å². The average molecular weight is 300 g/mol. The lowest BCUT2D eigenvalue weighted by Gasteiger charge is -2.33. The predicted octanol–water partition coefficient (Wildman–Crippen LogP) is 1.87. The van der Waals surface area contributed by atoms with Gasteiger partial charge in [0, 0.05) is 24.9 Å². The second-order valence-electron chi connectivity index (χ2n) is 6.38. The molecule has 5 heteroatoms. The van der Waals surface area contributed by atoms with E-state index in [0.717, 1.165) is 50.3 Å². The van der Waals surface area contributed by atoms with Gasteiger partial charge in [-0.1, -0.05) is 13.8 Å². The van der Waals surface area contributed by atoms with E-state index in [4.69, 9.17) is 10.5 Å². The summed E-state index contributed by atoms with van der Waals surface area (Å²) in [6, 6.07) is -0.00286. The molecule has 0 saturated carbocycles. The molecule has 0 aromatic rings. The van der Waals surface area contributed by atoms with Crippen molar-refractivity contribution in [3.63, 3.8) is 0 Å². The van der Waals surface area contributed by atoms with Gasteiger partial charge < -0.3 is 15.4 Å². The zero-order valence-corrected chi connectivity index (χ0v) is 13.5. The molecule has 0 bridgehead atoms. The number of carbonyl (C=O) groups excluding carboxylic acids is 1. The van der Waals surface area contributed by atoms with Gasteiger partial charge in [-0.05, 0) is 37.4 Å². The van der Waals surface area contributed by atoms with E-state index < -0.39 is 0 Å². The van der Waals surface area contributed by atoms with Crippen LogP contribution >= 0.6 is 11.8 Å². The first kappa shape index (κ1) is 16.1. The molecule has 116 valence electrons. The van der Waals surface area contributed by atoms with Crippen molar-refractivity contribution < 1.29 is 9.53 Å². The van der Waals surface area contributed by atoms with Gasteiger partial charge in [-0.3, -0.25) is 4.79 Å². The quantitative estimate of drug-likeness (QED) is 0.813. The Kier molecular flexibility index (Phi) is 6.18. The monoisotopic (exact) mass is 300 g/mol. The van der Waals surface area contributed by atoms with Crippen LogP contribution in [-0.2, 0) is 9.53 Å². The Labute approximate surface area is 126 Å². The van der Waals surface area contributed by atoms with E-state index >= 15 is 0 Å². The van der Waals surface area contributed by atoms with E-state index in [9.17, 15) is 4.79 Å². The van der Waals surface area contributed by atoms with Crippen molar-refractivity contribution in [1.29, 1.82) is 0 Å². The number of carbonyl (C=O) groups is 1. The third kappa shape index (κ3) is 4.37. The molecule has 0 aromatic carbocycles. The topological polar surface area (TPSA) is 55.6 Å². The molecule has 4 nitrogen and oxygen atoms in total. The van der Waals surface area contributed by atoms with Crippen LogP contribution in [0.5, 0.6) is 0 Å². The molecule has 2 heterocycles. The fourth-order valence-electron chi connectivity index (χ4n) is 3.02. The van der Waals surface area contributed by atoms with E-state index in [1.807, 2.05) is 16.7 Å². The minimum absolute atomic E-state index is 0.127. The minimum Gasteiger partial charge on any atom is -0.376 e. The zero-order chi connectivity index (χ0) is 14.5. The number of nitrogens with two attached hydrogens (primary N) is 1. The smallest absolute Gasteiger partial charge is 0.239 e. The largest absolute Gasteiger partial charge is 0.376 e. The summed E-state index contributed by atoms with van der Waals surface area (Å²) in [7, 11) is 0. The maximum atomic E-state index is 12.7. The number of hydrogen-bond donors (Lipinski definition) is 1. The van der Waals surface area contributed by atoms with Crippen molar-refractivity contribution in [1.82, 2.24) is 4.90 Å². The van der Waals surface area contributed by atoms with Crippen molar-refractivity contribution >= 4 is 17.7 Å². The lowest BCUT2D eigenvalue weighted by molar-refractivity contribution is -0.136. The number of amides is 1. The molecule has 20 heavy (non-hydrogen) atoms. The number of hydrogen-bond acceptors (Lipinski definition) is 4. The minimum atomic E-state index is -0.359. The van der Waals surface area contributed by atoms with E-state index in [2.05, 4.69) is 13.8 Å². The van der Waals surface area contributed by atoms with Gasteiger partial charge >= 0.3 is 0 Å². The molecule has 0 radical (unpaired) electrons. The van der Waals surface area contributed by atoms with Gasteiger partial charge in [0.2, 0.25) is 5.91 Å². The molecule has 2 unspecified atom stereocenters. The van der Waals surface area contributed by atoms with Crippen LogP contribution in [0.1, 0.15) is 39.5 Å². The Morgan fingerprint density at radius 2 is 2.25 bits per heavy atom. The Morgan fingerprint density at radius 1 is 1.45 bits per heavy atom. The second-order valence-corrected chi connectivity index (χ2v) is 7.53.